The van der Waals surface area contributed by atoms with Crippen LogP contribution in [0.5, 0.6) is 0 Å². The van der Waals surface area contributed by atoms with Gasteiger partial charge >= 0.3 is 0 Å². The average molecular weight is 367 g/mol. The number of hydrogen-bond acceptors (Lipinski definition) is 5. The number of aryl methyl sites for hydroxylation is 3. The SMILES string of the molecule is Cc1cc(C)n2c(SCC(=O)N[C@@H]3CCCc4ccccc43)nnc2n1. The Morgan fingerprint density at radius 2 is 2.15 bits per heavy atom. The minimum atomic E-state index is 0.0196. The fourth-order valence-corrected chi connectivity index (χ4v) is 4.36. The first kappa shape index (κ1) is 17.0. The Balaban J connectivity index is 1.44. The van der Waals surface area contributed by atoms with Gasteiger partial charge in [-0.2, -0.15) is 0 Å². The van der Waals surface area contributed by atoms with Crippen molar-refractivity contribution in [3.8, 4) is 0 Å². The zero-order chi connectivity index (χ0) is 18.1. The molecule has 26 heavy (non-hydrogen) atoms. The van der Waals surface area contributed by atoms with Crippen LogP contribution in [-0.2, 0) is 11.2 Å². The molecule has 0 saturated heterocycles. The highest BCUT2D eigenvalue weighted by Gasteiger charge is 2.21. The lowest BCUT2D eigenvalue weighted by Gasteiger charge is -2.26. The third-order valence-corrected chi connectivity index (χ3v) is 5.63. The van der Waals surface area contributed by atoms with Crippen LogP contribution in [0.2, 0.25) is 0 Å². The topological polar surface area (TPSA) is 72.2 Å². The number of carbonyl (C=O) groups excluding carboxylic acids is 1. The number of fused-ring (bicyclic) bond motifs is 2. The van der Waals surface area contributed by atoms with Crippen LogP contribution < -0.4 is 5.32 Å². The smallest absolute Gasteiger partial charge is 0.256 e. The van der Waals surface area contributed by atoms with Gasteiger partial charge in [-0.1, -0.05) is 36.0 Å². The maximum absolute atomic E-state index is 12.5. The molecule has 0 spiro atoms. The summed E-state index contributed by atoms with van der Waals surface area (Å²) in [5, 5.41) is 12.2. The number of hydrogen-bond donors (Lipinski definition) is 1. The zero-order valence-electron chi connectivity index (χ0n) is 14.9. The summed E-state index contributed by atoms with van der Waals surface area (Å²) in [5.74, 6) is 0.907. The van der Waals surface area contributed by atoms with Crippen LogP contribution in [0.15, 0.2) is 35.5 Å². The maximum atomic E-state index is 12.5. The lowest BCUT2D eigenvalue weighted by molar-refractivity contribution is -0.119. The number of rotatable bonds is 4. The van der Waals surface area contributed by atoms with Crippen molar-refractivity contribution in [3.63, 3.8) is 0 Å². The number of nitrogens with one attached hydrogen (secondary N) is 1. The Morgan fingerprint density at radius 1 is 1.31 bits per heavy atom. The van der Waals surface area contributed by atoms with Gasteiger partial charge in [0.15, 0.2) is 5.16 Å². The maximum Gasteiger partial charge on any atom is 0.256 e. The summed E-state index contributed by atoms with van der Waals surface area (Å²) < 4.78 is 1.89. The minimum absolute atomic E-state index is 0.0196. The molecule has 1 aliphatic rings. The molecule has 0 fully saturated rings. The molecule has 0 unspecified atom stereocenters. The van der Waals surface area contributed by atoms with E-state index in [2.05, 4.69) is 38.7 Å². The standard InChI is InChI=1S/C19H21N5OS/c1-12-10-13(2)24-18(20-12)22-23-19(24)26-11-17(25)21-16-9-5-7-14-6-3-4-8-15(14)16/h3-4,6,8,10,16H,5,7,9,11H2,1-2H3,(H,21,25)/t16-/m1/s1. The molecule has 2 heterocycles. The van der Waals surface area contributed by atoms with Gasteiger partial charge in [-0.05, 0) is 50.3 Å². The largest absolute Gasteiger partial charge is 0.349 e. The van der Waals surface area contributed by atoms with Crippen molar-refractivity contribution in [1.82, 2.24) is 24.9 Å². The third kappa shape index (κ3) is 3.31. The van der Waals surface area contributed by atoms with E-state index < -0.39 is 0 Å². The van der Waals surface area contributed by atoms with Gasteiger partial charge in [-0.25, -0.2) is 4.98 Å². The van der Waals surface area contributed by atoms with Gasteiger partial charge in [0, 0.05) is 11.4 Å². The van der Waals surface area contributed by atoms with E-state index in [0.717, 1.165) is 30.7 Å². The summed E-state index contributed by atoms with van der Waals surface area (Å²) in [5.41, 5.74) is 4.52. The fourth-order valence-electron chi connectivity index (χ4n) is 3.56. The number of carbonyl (C=O) groups is 1. The molecular formula is C19H21N5OS. The monoisotopic (exact) mass is 367 g/mol. The van der Waals surface area contributed by atoms with Crippen molar-refractivity contribution in [2.45, 2.75) is 44.3 Å². The number of benzene rings is 1. The van der Waals surface area contributed by atoms with Gasteiger partial charge in [0.1, 0.15) is 0 Å². The van der Waals surface area contributed by atoms with Crippen molar-refractivity contribution in [2.24, 2.45) is 0 Å². The normalized spacial score (nSPS) is 16.5. The minimum Gasteiger partial charge on any atom is -0.349 e. The number of thioether (sulfide) groups is 1. The average Bonchev–Trinajstić information content (AvgIpc) is 3.03. The van der Waals surface area contributed by atoms with E-state index in [9.17, 15) is 4.79 Å². The van der Waals surface area contributed by atoms with Crippen molar-refractivity contribution in [3.05, 3.63) is 52.8 Å². The summed E-state index contributed by atoms with van der Waals surface area (Å²) in [6, 6.07) is 10.5. The second-order valence-electron chi connectivity index (χ2n) is 6.66. The van der Waals surface area contributed by atoms with Crippen LogP contribution in [0.4, 0.5) is 0 Å². The molecule has 1 aliphatic carbocycles. The van der Waals surface area contributed by atoms with Gasteiger partial charge in [0.2, 0.25) is 5.91 Å². The summed E-state index contributed by atoms with van der Waals surface area (Å²) in [7, 11) is 0. The van der Waals surface area contributed by atoms with Crippen LogP contribution in [0.3, 0.4) is 0 Å². The van der Waals surface area contributed by atoms with E-state index >= 15 is 0 Å². The molecular weight excluding hydrogens is 346 g/mol. The zero-order valence-corrected chi connectivity index (χ0v) is 15.7. The number of nitrogens with zero attached hydrogens (tertiary/aromatic N) is 4. The Hall–Kier alpha value is -2.41. The molecule has 4 rings (SSSR count). The van der Waals surface area contributed by atoms with E-state index in [-0.39, 0.29) is 11.9 Å². The highest BCUT2D eigenvalue weighted by atomic mass is 32.2. The van der Waals surface area contributed by atoms with Crippen LogP contribution in [0, 0.1) is 13.8 Å². The summed E-state index contributed by atoms with van der Waals surface area (Å²) in [6.45, 7) is 3.93. The van der Waals surface area contributed by atoms with Gasteiger partial charge in [-0.15, -0.1) is 10.2 Å². The molecule has 1 aromatic carbocycles. The summed E-state index contributed by atoms with van der Waals surface area (Å²) in [6.07, 6.45) is 3.19. The lowest BCUT2D eigenvalue weighted by atomic mass is 9.88. The molecule has 1 atom stereocenters. The molecule has 7 heteroatoms. The van der Waals surface area contributed by atoms with Gasteiger partial charge in [-0.3, -0.25) is 9.20 Å². The van der Waals surface area contributed by atoms with Gasteiger partial charge in [0.25, 0.3) is 5.78 Å². The molecule has 1 amide bonds. The first-order valence-electron chi connectivity index (χ1n) is 8.81. The Labute approximate surface area is 156 Å². The van der Waals surface area contributed by atoms with Crippen molar-refractivity contribution < 1.29 is 4.79 Å². The number of aromatic nitrogens is 4. The molecule has 0 saturated carbocycles. The lowest BCUT2D eigenvalue weighted by Crippen LogP contribution is -2.32. The first-order chi connectivity index (χ1) is 12.6. The van der Waals surface area contributed by atoms with E-state index in [1.807, 2.05) is 30.4 Å². The van der Waals surface area contributed by atoms with E-state index in [4.69, 9.17) is 0 Å². The number of amides is 1. The van der Waals surface area contributed by atoms with Crippen LogP contribution >= 0.6 is 11.8 Å². The van der Waals surface area contributed by atoms with Crippen molar-refractivity contribution >= 4 is 23.4 Å². The second-order valence-corrected chi connectivity index (χ2v) is 7.60. The molecule has 2 aromatic heterocycles. The predicted molar refractivity (Wildman–Crippen MR) is 101 cm³/mol. The summed E-state index contributed by atoms with van der Waals surface area (Å²) >= 11 is 1.39. The highest BCUT2D eigenvalue weighted by Crippen LogP contribution is 2.29. The molecule has 3 aromatic rings. The Kier molecular flexibility index (Phi) is 4.63. The van der Waals surface area contributed by atoms with Crippen molar-refractivity contribution in [1.29, 1.82) is 0 Å². The van der Waals surface area contributed by atoms with E-state index in [0.29, 0.717) is 16.7 Å². The third-order valence-electron chi connectivity index (χ3n) is 4.70. The molecule has 6 nitrogen and oxygen atoms in total. The van der Waals surface area contributed by atoms with Gasteiger partial charge < -0.3 is 5.32 Å². The molecule has 0 aliphatic heterocycles. The van der Waals surface area contributed by atoms with Crippen LogP contribution in [-0.4, -0.2) is 31.2 Å². The van der Waals surface area contributed by atoms with Gasteiger partial charge in [0.05, 0.1) is 11.8 Å². The molecule has 134 valence electrons. The predicted octanol–water partition coefficient (Wildman–Crippen LogP) is 3.03. The first-order valence-corrected chi connectivity index (χ1v) is 9.80. The van der Waals surface area contributed by atoms with Crippen LogP contribution in [0.1, 0.15) is 41.4 Å². The highest BCUT2D eigenvalue weighted by molar-refractivity contribution is 7.99. The Bertz CT molecular complexity index is 968. The molecule has 0 radical (unpaired) electrons. The van der Waals surface area contributed by atoms with Crippen LogP contribution in [0.25, 0.3) is 5.78 Å². The van der Waals surface area contributed by atoms with E-state index in [1.54, 1.807) is 0 Å². The Morgan fingerprint density at radius 3 is 3.04 bits per heavy atom. The molecule has 1 N–H and O–H groups in total. The molecule has 0 bridgehead atoms. The fraction of sp³-hybridized carbons (Fsp3) is 0.368. The summed E-state index contributed by atoms with van der Waals surface area (Å²) in [4.78, 5) is 16.9. The quantitative estimate of drug-likeness (QED) is 0.718. The van der Waals surface area contributed by atoms with E-state index in [1.165, 1.54) is 22.9 Å². The second kappa shape index (κ2) is 7.07. The van der Waals surface area contributed by atoms with Crippen molar-refractivity contribution in [2.75, 3.05) is 5.75 Å².